The van der Waals surface area contributed by atoms with Crippen molar-refractivity contribution in [2.24, 2.45) is 7.05 Å². The Kier molecular flexibility index (Phi) is 4.92. The molecule has 0 aliphatic heterocycles. The van der Waals surface area contributed by atoms with E-state index < -0.39 is 0 Å². The van der Waals surface area contributed by atoms with E-state index in [-0.39, 0.29) is 0 Å². The van der Waals surface area contributed by atoms with E-state index in [0.717, 1.165) is 32.9 Å². The summed E-state index contributed by atoms with van der Waals surface area (Å²) in [6.07, 6.45) is 1.80. The third kappa shape index (κ3) is 2.93. The normalized spacial score (nSPS) is 10.8. The number of anilines is 1. The van der Waals surface area contributed by atoms with Gasteiger partial charge in [0.2, 0.25) is 0 Å². The number of aromatic nitrogens is 4. The zero-order chi connectivity index (χ0) is 14.7. The summed E-state index contributed by atoms with van der Waals surface area (Å²) in [6.45, 7) is 5.33. The number of methoxy groups -OCH3 is 1. The first-order chi connectivity index (χ1) is 9.58. The van der Waals surface area contributed by atoms with Gasteiger partial charge in [0.15, 0.2) is 5.82 Å². The number of nitrogens with zero attached hydrogens (tertiary/aromatic N) is 4. The molecule has 108 valence electrons. The minimum atomic E-state index is 0.464. The molecule has 0 amide bonds. The van der Waals surface area contributed by atoms with Gasteiger partial charge in [0, 0.05) is 26.4 Å². The molecule has 20 heavy (non-hydrogen) atoms. The Bertz CT molecular complexity index is 584. The molecule has 0 saturated heterocycles. The van der Waals surface area contributed by atoms with E-state index in [1.165, 1.54) is 0 Å². The summed E-state index contributed by atoms with van der Waals surface area (Å²) in [5, 5.41) is 7.52. The summed E-state index contributed by atoms with van der Waals surface area (Å²) in [4.78, 5) is 9.22. The van der Waals surface area contributed by atoms with Gasteiger partial charge in [0.25, 0.3) is 0 Å². The minimum Gasteiger partial charge on any atom is -0.378 e. The standard InChI is InChI=1S/C13H18IN5O/c1-5-15-13-11(14)10(7-20-4)17-12(18-13)9-6-16-19(3)8(9)2/h6H,5,7H2,1-4H3,(H,15,17,18). The van der Waals surface area contributed by atoms with Crippen LogP contribution in [0.5, 0.6) is 0 Å². The van der Waals surface area contributed by atoms with Crippen LogP contribution in [-0.4, -0.2) is 33.4 Å². The molecule has 0 radical (unpaired) electrons. The predicted molar refractivity (Wildman–Crippen MR) is 86.6 cm³/mol. The first-order valence-electron chi connectivity index (χ1n) is 6.36. The van der Waals surface area contributed by atoms with Crippen LogP contribution >= 0.6 is 22.6 Å². The van der Waals surface area contributed by atoms with Crippen LogP contribution in [0.2, 0.25) is 0 Å². The molecule has 2 rings (SSSR count). The van der Waals surface area contributed by atoms with E-state index in [2.05, 4.69) is 43.0 Å². The van der Waals surface area contributed by atoms with Gasteiger partial charge in [-0.05, 0) is 36.4 Å². The van der Waals surface area contributed by atoms with Gasteiger partial charge < -0.3 is 10.1 Å². The molecule has 2 heterocycles. The Balaban J connectivity index is 2.55. The molecule has 0 aromatic carbocycles. The van der Waals surface area contributed by atoms with Gasteiger partial charge in [-0.25, -0.2) is 9.97 Å². The summed E-state index contributed by atoms with van der Waals surface area (Å²) >= 11 is 2.25. The summed E-state index contributed by atoms with van der Waals surface area (Å²) < 4.78 is 8.04. The van der Waals surface area contributed by atoms with Crippen LogP contribution in [0.1, 0.15) is 18.3 Å². The highest BCUT2D eigenvalue weighted by molar-refractivity contribution is 14.1. The summed E-state index contributed by atoms with van der Waals surface area (Å²) in [5.41, 5.74) is 2.87. The highest BCUT2D eigenvalue weighted by Crippen LogP contribution is 2.26. The molecule has 0 unspecified atom stereocenters. The van der Waals surface area contributed by atoms with Gasteiger partial charge in [-0.15, -0.1) is 0 Å². The number of ether oxygens (including phenoxy) is 1. The van der Waals surface area contributed by atoms with E-state index in [1.807, 2.05) is 25.6 Å². The lowest BCUT2D eigenvalue weighted by atomic mass is 10.2. The second kappa shape index (κ2) is 6.49. The Morgan fingerprint density at radius 1 is 1.40 bits per heavy atom. The van der Waals surface area contributed by atoms with E-state index in [0.29, 0.717) is 12.4 Å². The predicted octanol–water partition coefficient (Wildman–Crippen LogP) is 2.37. The molecule has 2 aromatic rings. The number of nitrogens with one attached hydrogen (secondary N) is 1. The van der Waals surface area contributed by atoms with Gasteiger partial charge in [-0.3, -0.25) is 4.68 Å². The van der Waals surface area contributed by atoms with Gasteiger partial charge in [-0.1, -0.05) is 0 Å². The molecule has 2 aromatic heterocycles. The van der Waals surface area contributed by atoms with Gasteiger partial charge >= 0.3 is 0 Å². The number of rotatable bonds is 5. The molecule has 0 aliphatic carbocycles. The molecule has 0 atom stereocenters. The van der Waals surface area contributed by atoms with Crippen molar-refractivity contribution in [3.63, 3.8) is 0 Å². The average molecular weight is 387 g/mol. The lowest BCUT2D eigenvalue weighted by molar-refractivity contribution is 0.181. The molecular formula is C13H18IN5O. The molecule has 0 bridgehead atoms. The maximum Gasteiger partial charge on any atom is 0.165 e. The SMILES string of the molecule is CCNc1nc(-c2cnn(C)c2C)nc(COC)c1I. The smallest absolute Gasteiger partial charge is 0.165 e. The van der Waals surface area contributed by atoms with Gasteiger partial charge in [0.05, 0.1) is 27.6 Å². The first-order valence-corrected chi connectivity index (χ1v) is 7.44. The first kappa shape index (κ1) is 15.2. The largest absolute Gasteiger partial charge is 0.378 e. The number of hydrogen-bond donors (Lipinski definition) is 1. The Labute approximate surface area is 132 Å². The Morgan fingerprint density at radius 3 is 2.70 bits per heavy atom. The van der Waals surface area contributed by atoms with Crippen molar-refractivity contribution in [3.05, 3.63) is 21.2 Å². The quantitative estimate of drug-likeness (QED) is 0.799. The topological polar surface area (TPSA) is 64.9 Å². The summed E-state index contributed by atoms with van der Waals surface area (Å²) in [7, 11) is 3.58. The zero-order valence-corrected chi connectivity index (χ0v) is 14.2. The molecule has 0 spiro atoms. The van der Waals surface area contributed by atoms with Crippen LogP contribution in [0.25, 0.3) is 11.4 Å². The molecule has 6 nitrogen and oxygen atoms in total. The van der Waals surface area contributed by atoms with Crippen molar-refractivity contribution in [1.82, 2.24) is 19.7 Å². The number of aryl methyl sites for hydroxylation is 1. The monoisotopic (exact) mass is 387 g/mol. The molecule has 7 heteroatoms. The van der Waals surface area contributed by atoms with E-state index in [4.69, 9.17) is 4.74 Å². The molecule has 1 N–H and O–H groups in total. The highest BCUT2D eigenvalue weighted by atomic mass is 127. The summed E-state index contributed by atoms with van der Waals surface area (Å²) in [6, 6.07) is 0. The van der Waals surface area contributed by atoms with E-state index >= 15 is 0 Å². The van der Waals surface area contributed by atoms with Gasteiger partial charge in [0.1, 0.15) is 5.82 Å². The van der Waals surface area contributed by atoms with Crippen LogP contribution in [0, 0.1) is 10.5 Å². The van der Waals surface area contributed by atoms with Crippen LogP contribution in [0.4, 0.5) is 5.82 Å². The fourth-order valence-corrected chi connectivity index (χ4v) is 2.44. The van der Waals surface area contributed by atoms with Crippen LogP contribution in [0.3, 0.4) is 0 Å². The molecule has 0 aliphatic rings. The van der Waals surface area contributed by atoms with Crippen molar-refractivity contribution >= 4 is 28.4 Å². The molecular weight excluding hydrogens is 369 g/mol. The lowest BCUT2D eigenvalue weighted by Gasteiger charge is -2.11. The Morgan fingerprint density at radius 2 is 2.15 bits per heavy atom. The minimum absolute atomic E-state index is 0.464. The highest BCUT2D eigenvalue weighted by Gasteiger charge is 2.16. The van der Waals surface area contributed by atoms with Gasteiger partial charge in [-0.2, -0.15) is 5.10 Å². The third-order valence-electron chi connectivity index (χ3n) is 3.02. The second-order valence-electron chi connectivity index (χ2n) is 4.39. The van der Waals surface area contributed by atoms with Crippen molar-refractivity contribution in [2.75, 3.05) is 19.0 Å². The molecule has 0 fully saturated rings. The fraction of sp³-hybridized carbons (Fsp3) is 0.462. The van der Waals surface area contributed by atoms with Crippen molar-refractivity contribution in [2.45, 2.75) is 20.5 Å². The third-order valence-corrected chi connectivity index (χ3v) is 4.15. The van der Waals surface area contributed by atoms with Crippen LogP contribution in [-0.2, 0) is 18.4 Å². The van der Waals surface area contributed by atoms with Crippen LogP contribution in [0.15, 0.2) is 6.20 Å². The number of halogens is 1. The zero-order valence-electron chi connectivity index (χ0n) is 12.1. The Hall–Kier alpha value is -1.22. The summed E-state index contributed by atoms with van der Waals surface area (Å²) in [5.74, 6) is 1.52. The van der Waals surface area contributed by atoms with Crippen molar-refractivity contribution < 1.29 is 4.74 Å². The maximum atomic E-state index is 5.22. The van der Waals surface area contributed by atoms with E-state index in [1.54, 1.807) is 13.3 Å². The number of hydrogen-bond acceptors (Lipinski definition) is 5. The molecule has 0 saturated carbocycles. The fourth-order valence-electron chi connectivity index (χ4n) is 1.85. The average Bonchev–Trinajstić information content (AvgIpc) is 2.75. The second-order valence-corrected chi connectivity index (χ2v) is 5.47. The van der Waals surface area contributed by atoms with Crippen molar-refractivity contribution in [3.8, 4) is 11.4 Å². The van der Waals surface area contributed by atoms with Crippen molar-refractivity contribution in [1.29, 1.82) is 0 Å². The lowest BCUT2D eigenvalue weighted by Crippen LogP contribution is -2.09. The van der Waals surface area contributed by atoms with Crippen LogP contribution < -0.4 is 5.32 Å². The van der Waals surface area contributed by atoms with E-state index in [9.17, 15) is 0 Å². The maximum absolute atomic E-state index is 5.22.